The first-order chi connectivity index (χ1) is 6.58. The fraction of sp³-hybridized carbons (Fsp3) is 0.889. The molecule has 2 N–H and O–H groups in total. The van der Waals surface area contributed by atoms with Crippen molar-refractivity contribution in [1.29, 1.82) is 0 Å². The third-order valence-corrected chi connectivity index (χ3v) is 2.46. The number of hydrogen-bond donors (Lipinski definition) is 1. The number of halogens is 2. The van der Waals surface area contributed by atoms with Crippen molar-refractivity contribution in [3.63, 3.8) is 0 Å². The van der Waals surface area contributed by atoms with Crippen LogP contribution in [0.15, 0.2) is 0 Å². The summed E-state index contributed by atoms with van der Waals surface area (Å²) in [5.41, 5.74) is 4.86. The highest BCUT2D eigenvalue weighted by Crippen LogP contribution is 2.18. The molecule has 0 saturated carbocycles. The maximum atomic E-state index is 12.9. The predicted molar refractivity (Wildman–Crippen MR) is 49.0 cm³/mol. The Morgan fingerprint density at radius 1 is 1.21 bits per heavy atom. The summed E-state index contributed by atoms with van der Waals surface area (Å²) in [6, 6.07) is 0. The van der Waals surface area contributed by atoms with Gasteiger partial charge < -0.3 is 10.6 Å². The Hall–Kier alpha value is -0.710. The largest absolute Gasteiger partial charge is 0.337 e. The molecule has 0 bridgehead atoms. The molecule has 1 fully saturated rings. The molecular weight excluding hydrogens is 190 g/mol. The second-order valence-corrected chi connectivity index (χ2v) is 3.61. The minimum atomic E-state index is -3.38. The Morgan fingerprint density at radius 2 is 1.71 bits per heavy atom. The van der Waals surface area contributed by atoms with Crippen LogP contribution in [0.5, 0.6) is 0 Å². The van der Waals surface area contributed by atoms with Crippen molar-refractivity contribution in [3.8, 4) is 0 Å². The number of hydrogen-bond acceptors (Lipinski definition) is 2. The fourth-order valence-electron chi connectivity index (χ4n) is 1.59. The maximum absolute atomic E-state index is 12.9. The van der Waals surface area contributed by atoms with Crippen molar-refractivity contribution in [2.75, 3.05) is 19.6 Å². The number of carbonyl (C=O) groups is 1. The van der Waals surface area contributed by atoms with Crippen LogP contribution in [0.4, 0.5) is 8.78 Å². The van der Waals surface area contributed by atoms with E-state index >= 15 is 0 Å². The number of nitrogens with two attached hydrogens (primary N) is 1. The van der Waals surface area contributed by atoms with Gasteiger partial charge in [0, 0.05) is 13.1 Å². The lowest BCUT2D eigenvalue weighted by Gasteiger charge is -2.24. The summed E-state index contributed by atoms with van der Waals surface area (Å²) in [6.07, 6.45) is 3.65. The Kier molecular flexibility index (Phi) is 3.80. The van der Waals surface area contributed by atoms with Gasteiger partial charge in [0.2, 0.25) is 0 Å². The molecule has 3 nitrogen and oxygen atoms in total. The van der Waals surface area contributed by atoms with Gasteiger partial charge in [-0.15, -0.1) is 0 Å². The van der Waals surface area contributed by atoms with Crippen LogP contribution in [-0.4, -0.2) is 36.4 Å². The van der Waals surface area contributed by atoms with Gasteiger partial charge in [-0.25, -0.2) is 0 Å². The van der Waals surface area contributed by atoms with Crippen LogP contribution < -0.4 is 5.73 Å². The first-order valence-corrected chi connectivity index (χ1v) is 4.95. The Morgan fingerprint density at radius 3 is 2.14 bits per heavy atom. The van der Waals surface area contributed by atoms with Gasteiger partial charge in [-0.3, -0.25) is 4.79 Å². The van der Waals surface area contributed by atoms with Crippen molar-refractivity contribution >= 4 is 5.91 Å². The standard InChI is InChI=1S/C9H16F2N2O/c10-9(11,7-12)8(14)13-5-3-1-2-4-6-13/h1-7,12H2. The second-order valence-electron chi connectivity index (χ2n) is 3.61. The molecule has 0 aromatic heterocycles. The first-order valence-electron chi connectivity index (χ1n) is 4.95. The van der Waals surface area contributed by atoms with Crippen molar-refractivity contribution in [2.45, 2.75) is 31.6 Å². The number of nitrogens with zero attached hydrogens (tertiary/aromatic N) is 1. The quantitative estimate of drug-likeness (QED) is 0.732. The van der Waals surface area contributed by atoms with Gasteiger partial charge in [0.15, 0.2) is 0 Å². The van der Waals surface area contributed by atoms with Crippen molar-refractivity contribution in [2.24, 2.45) is 5.73 Å². The van der Waals surface area contributed by atoms with Gasteiger partial charge in [-0.1, -0.05) is 12.8 Å². The summed E-state index contributed by atoms with van der Waals surface area (Å²) in [6.45, 7) is -0.0226. The lowest BCUT2D eigenvalue weighted by molar-refractivity contribution is -0.155. The highest BCUT2D eigenvalue weighted by Gasteiger charge is 2.40. The molecule has 0 unspecified atom stereocenters. The molecule has 5 heteroatoms. The number of alkyl halides is 2. The molecule has 82 valence electrons. The predicted octanol–water partition coefficient (Wildman–Crippen LogP) is 0.983. The number of carbonyl (C=O) groups excluding carboxylic acids is 1. The number of amides is 1. The van der Waals surface area contributed by atoms with E-state index in [1.807, 2.05) is 0 Å². The van der Waals surface area contributed by atoms with Crippen LogP contribution in [0.3, 0.4) is 0 Å². The molecular formula is C9H16F2N2O. The van der Waals surface area contributed by atoms with Gasteiger partial charge in [-0.2, -0.15) is 8.78 Å². The van der Waals surface area contributed by atoms with Crippen molar-refractivity contribution in [3.05, 3.63) is 0 Å². The maximum Gasteiger partial charge on any atom is 0.336 e. The summed E-state index contributed by atoms with van der Waals surface area (Å²) in [5.74, 6) is -4.49. The van der Waals surface area contributed by atoms with Crippen LogP contribution in [0.2, 0.25) is 0 Å². The molecule has 1 saturated heterocycles. The zero-order valence-electron chi connectivity index (χ0n) is 8.14. The molecule has 0 aliphatic carbocycles. The minimum Gasteiger partial charge on any atom is -0.337 e. The third-order valence-electron chi connectivity index (χ3n) is 2.46. The molecule has 0 aromatic rings. The zero-order valence-corrected chi connectivity index (χ0v) is 8.14. The van der Waals surface area contributed by atoms with E-state index in [0.29, 0.717) is 13.1 Å². The highest BCUT2D eigenvalue weighted by atomic mass is 19.3. The molecule has 0 aromatic carbocycles. The van der Waals surface area contributed by atoms with Gasteiger partial charge in [0.25, 0.3) is 5.91 Å². The molecule has 1 aliphatic rings. The fourth-order valence-corrected chi connectivity index (χ4v) is 1.59. The summed E-state index contributed by atoms with van der Waals surface area (Å²) in [5, 5.41) is 0. The summed E-state index contributed by atoms with van der Waals surface area (Å²) in [4.78, 5) is 12.5. The van der Waals surface area contributed by atoms with E-state index in [9.17, 15) is 13.6 Å². The van der Waals surface area contributed by atoms with Crippen molar-refractivity contribution < 1.29 is 13.6 Å². The molecule has 1 amide bonds. The lowest BCUT2D eigenvalue weighted by atomic mass is 10.2. The van der Waals surface area contributed by atoms with Gasteiger partial charge in [0.05, 0.1) is 6.54 Å². The van der Waals surface area contributed by atoms with Gasteiger partial charge in [0.1, 0.15) is 0 Å². The monoisotopic (exact) mass is 206 g/mol. The van der Waals surface area contributed by atoms with E-state index < -0.39 is 18.4 Å². The number of rotatable bonds is 2. The molecule has 0 spiro atoms. The Balaban J connectivity index is 2.58. The second kappa shape index (κ2) is 4.68. The van der Waals surface area contributed by atoms with E-state index in [-0.39, 0.29) is 0 Å². The van der Waals surface area contributed by atoms with E-state index in [0.717, 1.165) is 25.7 Å². The average molecular weight is 206 g/mol. The Labute approximate surface area is 82.2 Å². The summed E-state index contributed by atoms with van der Waals surface area (Å²) in [7, 11) is 0. The van der Waals surface area contributed by atoms with E-state index in [4.69, 9.17) is 5.73 Å². The highest BCUT2D eigenvalue weighted by molar-refractivity contribution is 5.83. The van der Waals surface area contributed by atoms with Crippen molar-refractivity contribution in [1.82, 2.24) is 4.90 Å². The third kappa shape index (κ3) is 2.64. The average Bonchev–Trinajstić information content (AvgIpc) is 2.44. The molecule has 1 rings (SSSR count). The van der Waals surface area contributed by atoms with Gasteiger partial charge in [-0.05, 0) is 12.8 Å². The molecule has 1 aliphatic heterocycles. The summed E-state index contributed by atoms with van der Waals surface area (Å²) >= 11 is 0. The Bertz CT molecular complexity index is 201. The van der Waals surface area contributed by atoms with E-state index in [2.05, 4.69) is 0 Å². The number of likely N-dealkylation sites (tertiary alicyclic amines) is 1. The van der Waals surface area contributed by atoms with Crippen LogP contribution in [0, 0.1) is 0 Å². The normalized spacial score (nSPS) is 19.2. The van der Waals surface area contributed by atoms with E-state index in [1.165, 1.54) is 4.90 Å². The van der Waals surface area contributed by atoms with Crippen LogP contribution in [0.1, 0.15) is 25.7 Å². The lowest BCUT2D eigenvalue weighted by Crippen LogP contribution is -2.48. The molecule has 0 atom stereocenters. The topological polar surface area (TPSA) is 46.3 Å². The first kappa shape index (κ1) is 11.4. The summed E-state index contributed by atoms with van der Waals surface area (Å²) < 4.78 is 25.9. The molecule has 14 heavy (non-hydrogen) atoms. The minimum absolute atomic E-state index is 0.439. The van der Waals surface area contributed by atoms with E-state index in [1.54, 1.807) is 0 Å². The molecule has 1 heterocycles. The molecule has 0 radical (unpaired) electrons. The van der Waals surface area contributed by atoms with Gasteiger partial charge >= 0.3 is 5.92 Å². The smallest absolute Gasteiger partial charge is 0.336 e. The SMILES string of the molecule is NCC(F)(F)C(=O)N1CCCCCC1. The zero-order chi connectivity index (χ0) is 10.6. The van der Waals surface area contributed by atoms with Crippen LogP contribution >= 0.6 is 0 Å². The van der Waals surface area contributed by atoms with Crippen LogP contribution in [-0.2, 0) is 4.79 Å². The van der Waals surface area contributed by atoms with Crippen LogP contribution in [0.25, 0.3) is 0 Å².